The van der Waals surface area contributed by atoms with Crippen molar-refractivity contribution in [2.24, 2.45) is 11.0 Å². The molecule has 1 aliphatic carbocycles. The van der Waals surface area contributed by atoms with Crippen molar-refractivity contribution in [2.45, 2.75) is 32.1 Å². The van der Waals surface area contributed by atoms with Crippen LogP contribution >= 0.6 is 0 Å². The minimum Gasteiger partial charge on any atom is -0.504 e. The van der Waals surface area contributed by atoms with Crippen LogP contribution in [0.4, 0.5) is 0 Å². The second-order valence-electron chi connectivity index (χ2n) is 4.82. The molecule has 0 aromatic heterocycles. The number of phenols is 2. The van der Waals surface area contributed by atoms with Gasteiger partial charge in [-0.1, -0.05) is 19.3 Å². The first-order valence-electron chi connectivity index (χ1n) is 6.52. The molecule has 0 unspecified atom stereocenters. The van der Waals surface area contributed by atoms with E-state index in [1.807, 2.05) is 0 Å². The molecule has 1 aromatic carbocycles. The van der Waals surface area contributed by atoms with E-state index >= 15 is 0 Å². The van der Waals surface area contributed by atoms with Crippen molar-refractivity contribution in [1.29, 1.82) is 0 Å². The molecule has 0 saturated heterocycles. The maximum Gasteiger partial charge on any atom is 0.243 e. The summed E-state index contributed by atoms with van der Waals surface area (Å²) in [5.74, 6) is -0.357. The Kier molecular flexibility index (Phi) is 4.39. The molecule has 1 amide bonds. The van der Waals surface area contributed by atoms with E-state index in [-0.39, 0.29) is 23.3 Å². The SMILES string of the molecule is O=C(N/N=C\c1ccc(O)c(O)c1)C1CCCCC1. The highest BCUT2D eigenvalue weighted by Gasteiger charge is 2.20. The molecule has 0 aliphatic heterocycles. The van der Waals surface area contributed by atoms with Crippen molar-refractivity contribution < 1.29 is 15.0 Å². The van der Waals surface area contributed by atoms with Crippen LogP contribution < -0.4 is 5.43 Å². The average molecular weight is 262 g/mol. The second-order valence-corrected chi connectivity index (χ2v) is 4.82. The summed E-state index contributed by atoms with van der Waals surface area (Å²) in [7, 11) is 0. The molecular weight excluding hydrogens is 244 g/mol. The summed E-state index contributed by atoms with van der Waals surface area (Å²) in [4.78, 5) is 11.8. The smallest absolute Gasteiger partial charge is 0.243 e. The lowest BCUT2D eigenvalue weighted by Gasteiger charge is -2.19. The fourth-order valence-corrected chi connectivity index (χ4v) is 2.25. The molecule has 1 aromatic rings. The van der Waals surface area contributed by atoms with Crippen LogP contribution in [0.15, 0.2) is 23.3 Å². The highest BCUT2D eigenvalue weighted by atomic mass is 16.3. The zero-order valence-corrected chi connectivity index (χ0v) is 10.7. The lowest BCUT2D eigenvalue weighted by atomic mass is 9.89. The predicted octanol–water partition coefficient (Wildman–Crippen LogP) is 2.13. The Balaban J connectivity index is 1.88. The van der Waals surface area contributed by atoms with E-state index in [1.165, 1.54) is 24.8 Å². The molecule has 5 nitrogen and oxygen atoms in total. The van der Waals surface area contributed by atoms with E-state index in [9.17, 15) is 9.90 Å². The molecule has 3 N–H and O–H groups in total. The minimum atomic E-state index is -0.206. The van der Waals surface area contributed by atoms with Crippen LogP contribution in [0.1, 0.15) is 37.7 Å². The fraction of sp³-hybridized carbons (Fsp3) is 0.429. The Hall–Kier alpha value is -2.04. The van der Waals surface area contributed by atoms with Gasteiger partial charge in [-0.15, -0.1) is 0 Å². The number of hydrogen-bond acceptors (Lipinski definition) is 4. The highest BCUT2D eigenvalue weighted by Crippen LogP contribution is 2.24. The third kappa shape index (κ3) is 3.71. The van der Waals surface area contributed by atoms with Crippen LogP contribution in [-0.4, -0.2) is 22.3 Å². The lowest BCUT2D eigenvalue weighted by molar-refractivity contribution is -0.125. The summed E-state index contributed by atoms with van der Waals surface area (Å²) in [5.41, 5.74) is 3.13. The topological polar surface area (TPSA) is 81.9 Å². The Morgan fingerprint density at radius 1 is 1.21 bits per heavy atom. The molecule has 0 heterocycles. The molecule has 19 heavy (non-hydrogen) atoms. The Bertz CT molecular complexity index is 480. The molecule has 102 valence electrons. The van der Waals surface area contributed by atoms with E-state index in [4.69, 9.17) is 5.11 Å². The maximum atomic E-state index is 11.8. The number of nitrogens with zero attached hydrogens (tertiary/aromatic N) is 1. The molecule has 0 spiro atoms. The predicted molar refractivity (Wildman–Crippen MR) is 72.1 cm³/mol. The van der Waals surface area contributed by atoms with Gasteiger partial charge in [-0.05, 0) is 36.6 Å². The van der Waals surface area contributed by atoms with Gasteiger partial charge in [-0.25, -0.2) is 5.43 Å². The molecule has 0 radical (unpaired) electrons. The van der Waals surface area contributed by atoms with Crippen molar-refractivity contribution in [3.8, 4) is 11.5 Å². The number of benzene rings is 1. The summed E-state index contributed by atoms with van der Waals surface area (Å²) >= 11 is 0. The zero-order chi connectivity index (χ0) is 13.7. The van der Waals surface area contributed by atoms with Crippen LogP contribution in [0.2, 0.25) is 0 Å². The molecule has 0 bridgehead atoms. The van der Waals surface area contributed by atoms with Crippen molar-refractivity contribution in [2.75, 3.05) is 0 Å². The highest BCUT2D eigenvalue weighted by molar-refractivity contribution is 5.84. The maximum absolute atomic E-state index is 11.8. The van der Waals surface area contributed by atoms with Gasteiger partial charge in [-0.3, -0.25) is 4.79 Å². The molecule has 2 rings (SSSR count). The first kappa shape index (κ1) is 13.4. The third-order valence-corrected chi connectivity index (χ3v) is 3.36. The van der Waals surface area contributed by atoms with E-state index in [0.717, 1.165) is 25.7 Å². The number of carbonyl (C=O) groups excluding carboxylic acids is 1. The van der Waals surface area contributed by atoms with Crippen LogP contribution in [0, 0.1) is 5.92 Å². The largest absolute Gasteiger partial charge is 0.504 e. The van der Waals surface area contributed by atoms with Gasteiger partial charge in [-0.2, -0.15) is 5.10 Å². The Morgan fingerprint density at radius 2 is 1.95 bits per heavy atom. The van der Waals surface area contributed by atoms with E-state index in [1.54, 1.807) is 6.07 Å². The van der Waals surface area contributed by atoms with Crippen LogP contribution in [0.25, 0.3) is 0 Å². The average Bonchev–Trinajstić information content (AvgIpc) is 2.43. The summed E-state index contributed by atoms with van der Waals surface area (Å²) in [5, 5.41) is 22.3. The summed E-state index contributed by atoms with van der Waals surface area (Å²) in [6.07, 6.45) is 6.73. The van der Waals surface area contributed by atoms with Gasteiger partial charge in [0.15, 0.2) is 11.5 Å². The molecule has 1 fully saturated rings. The molecule has 0 atom stereocenters. The van der Waals surface area contributed by atoms with Crippen LogP contribution in [0.5, 0.6) is 11.5 Å². The number of amides is 1. The monoisotopic (exact) mass is 262 g/mol. The number of rotatable bonds is 3. The van der Waals surface area contributed by atoms with Gasteiger partial charge in [0.05, 0.1) is 6.21 Å². The number of phenolic OH excluding ortho intramolecular Hbond substituents is 2. The number of hydrogen-bond donors (Lipinski definition) is 3. The van der Waals surface area contributed by atoms with Crippen molar-refractivity contribution >= 4 is 12.1 Å². The molecule has 5 heteroatoms. The van der Waals surface area contributed by atoms with Crippen LogP contribution in [0.3, 0.4) is 0 Å². The molecule has 1 saturated carbocycles. The molecule has 1 aliphatic rings. The van der Waals surface area contributed by atoms with Gasteiger partial charge in [0, 0.05) is 5.92 Å². The van der Waals surface area contributed by atoms with Gasteiger partial charge >= 0.3 is 0 Å². The van der Waals surface area contributed by atoms with E-state index < -0.39 is 0 Å². The van der Waals surface area contributed by atoms with Crippen molar-refractivity contribution in [1.82, 2.24) is 5.43 Å². The third-order valence-electron chi connectivity index (χ3n) is 3.36. The Labute approximate surface area is 112 Å². The fourth-order valence-electron chi connectivity index (χ4n) is 2.25. The second kappa shape index (κ2) is 6.22. The standard InChI is InChI=1S/C14H18N2O3/c17-12-7-6-10(8-13(12)18)9-15-16-14(19)11-4-2-1-3-5-11/h6-9,11,17-18H,1-5H2,(H,16,19)/b15-9-. The summed E-state index contributed by atoms with van der Waals surface area (Å²) in [6.45, 7) is 0. The van der Waals surface area contributed by atoms with Gasteiger partial charge in [0.1, 0.15) is 0 Å². The van der Waals surface area contributed by atoms with Crippen molar-refractivity contribution in [3.05, 3.63) is 23.8 Å². The normalized spacial score (nSPS) is 16.6. The lowest BCUT2D eigenvalue weighted by Crippen LogP contribution is -2.28. The quantitative estimate of drug-likeness (QED) is 0.443. The summed E-state index contributed by atoms with van der Waals surface area (Å²) in [6, 6.07) is 4.36. The van der Waals surface area contributed by atoms with Gasteiger partial charge in [0.2, 0.25) is 5.91 Å². The van der Waals surface area contributed by atoms with Gasteiger partial charge in [0.25, 0.3) is 0 Å². The number of carbonyl (C=O) groups is 1. The number of hydrazone groups is 1. The van der Waals surface area contributed by atoms with Crippen molar-refractivity contribution in [3.63, 3.8) is 0 Å². The number of aromatic hydroxyl groups is 2. The molecular formula is C14H18N2O3. The minimum absolute atomic E-state index is 0.0426. The zero-order valence-electron chi connectivity index (χ0n) is 10.7. The van der Waals surface area contributed by atoms with E-state index in [2.05, 4.69) is 10.5 Å². The van der Waals surface area contributed by atoms with E-state index in [0.29, 0.717) is 5.56 Å². The Morgan fingerprint density at radius 3 is 2.63 bits per heavy atom. The first-order valence-corrected chi connectivity index (χ1v) is 6.52. The number of nitrogens with one attached hydrogen (secondary N) is 1. The van der Waals surface area contributed by atoms with Crippen LogP contribution in [-0.2, 0) is 4.79 Å². The van der Waals surface area contributed by atoms with Gasteiger partial charge < -0.3 is 10.2 Å². The first-order chi connectivity index (χ1) is 9.16. The summed E-state index contributed by atoms with van der Waals surface area (Å²) < 4.78 is 0.